The molecule has 204 valence electrons. The number of rotatable bonds is 2. The summed E-state index contributed by atoms with van der Waals surface area (Å²) in [6, 6.07) is 0. The molecule has 8 fully saturated rings. The standard InChI is InChI=1S/C30H42O7/c1-15-7-9-21-17(3)23(32-25-29(21)19(15)11-13-27(5,34-25)36-29)31-24-18(4)22-10-8-16(2)20-12-14-28(6)35-26(33-24)30(20,22)37-28/h15-16,19-26H,3-4,7-14H2,1-2,5-6H3/t15-,16-,19+,20+,21+,22+,23+,24+,25-,26-,27-,28-,29-,30-/m1/s1. The second kappa shape index (κ2) is 7.48. The molecule has 14 atom stereocenters. The molecule has 37 heavy (non-hydrogen) atoms. The van der Waals surface area contributed by atoms with Crippen LogP contribution in [0.3, 0.4) is 0 Å². The van der Waals surface area contributed by atoms with Crippen molar-refractivity contribution in [2.24, 2.45) is 35.5 Å². The van der Waals surface area contributed by atoms with Crippen molar-refractivity contribution in [2.45, 2.75) is 127 Å². The van der Waals surface area contributed by atoms with Crippen molar-refractivity contribution >= 4 is 0 Å². The van der Waals surface area contributed by atoms with Gasteiger partial charge in [0.25, 0.3) is 0 Å². The third-order valence-corrected chi connectivity index (χ3v) is 11.7. The summed E-state index contributed by atoms with van der Waals surface area (Å²) in [7, 11) is 0. The highest BCUT2D eigenvalue weighted by atomic mass is 16.9. The van der Waals surface area contributed by atoms with Gasteiger partial charge in [-0.15, -0.1) is 0 Å². The molecule has 2 spiro atoms. The van der Waals surface area contributed by atoms with Crippen LogP contribution >= 0.6 is 0 Å². The summed E-state index contributed by atoms with van der Waals surface area (Å²) >= 11 is 0. The van der Waals surface area contributed by atoms with Gasteiger partial charge in [0.15, 0.2) is 36.7 Å². The first-order chi connectivity index (χ1) is 17.6. The van der Waals surface area contributed by atoms with E-state index in [1.54, 1.807) is 0 Å². The van der Waals surface area contributed by atoms with Gasteiger partial charge >= 0.3 is 0 Å². The molecule has 0 aromatic heterocycles. The number of hydrogen-bond donors (Lipinski definition) is 0. The first kappa shape index (κ1) is 24.0. The van der Waals surface area contributed by atoms with E-state index >= 15 is 0 Å². The van der Waals surface area contributed by atoms with Crippen molar-refractivity contribution in [1.29, 1.82) is 0 Å². The van der Waals surface area contributed by atoms with Gasteiger partial charge in [-0.05, 0) is 87.2 Å². The molecule has 6 heterocycles. The Bertz CT molecular complexity index is 965. The molecule has 7 nitrogen and oxygen atoms in total. The van der Waals surface area contributed by atoms with Crippen molar-refractivity contribution < 1.29 is 33.2 Å². The third-order valence-electron chi connectivity index (χ3n) is 11.7. The summed E-state index contributed by atoms with van der Waals surface area (Å²) in [5, 5.41) is 0. The van der Waals surface area contributed by atoms with E-state index in [0.29, 0.717) is 23.7 Å². The first-order valence-corrected chi connectivity index (χ1v) is 14.7. The molecule has 6 saturated heterocycles. The Hall–Kier alpha value is -0.800. The van der Waals surface area contributed by atoms with Crippen LogP contribution in [0.25, 0.3) is 0 Å². The van der Waals surface area contributed by atoms with Crippen molar-refractivity contribution in [3.05, 3.63) is 24.3 Å². The summed E-state index contributed by atoms with van der Waals surface area (Å²) < 4.78 is 46.4. The Morgan fingerprint density at radius 3 is 1.54 bits per heavy atom. The Balaban J connectivity index is 1.09. The summed E-state index contributed by atoms with van der Waals surface area (Å²) in [5.41, 5.74) is 0.918. The molecular weight excluding hydrogens is 472 g/mol. The molecular formula is C30H42O7. The van der Waals surface area contributed by atoms with Crippen LogP contribution in [0.15, 0.2) is 24.3 Å². The van der Waals surface area contributed by atoms with Crippen LogP contribution in [0.4, 0.5) is 0 Å². The van der Waals surface area contributed by atoms with Crippen LogP contribution in [-0.2, 0) is 33.2 Å². The minimum atomic E-state index is -0.646. The zero-order chi connectivity index (χ0) is 25.5. The van der Waals surface area contributed by atoms with Gasteiger partial charge in [-0.25, -0.2) is 0 Å². The second-order valence-electron chi connectivity index (χ2n) is 13.8. The highest BCUT2D eigenvalue weighted by Crippen LogP contribution is 2.65. The van der Waals surface area contributed by atoms with Crippen molar-refractivity contribution in [2.75, 3.05) is 0 Å². The van der Waals surface area contributed by atoms with Crippen LogP contribution in [0, 0.1) is 35.5 Å². The van der Waals surface area contributed by atoms with Crippen LogP contribution in [0.1, 0.15) is 79.1 Å². The first-order valence-electron chi connectivity index (χ1n) is 14.7. The van der Waals surface area contributed by atoms with E-state index in [1.165, 1.54) is 0 Å². The normalized spacial score (nSPS) is 61.7. The Labute approximate surface area is 220 Å². The van der Waals surface area contributed by atoms with E-state index in [2.05, 4.69) is 40.9 Å². The molecule has 2 aliphatic carbocycles. The maximum absolute atomic E-state index is 6.77. The maximum atomic E-state index is 6.77. The summed E-state index contributed by atoms with van der Waals surface area (Å²) in [6.45, 7) is 17.9. The van der Waals surface area contributed by atoms with E-state index < -0.39 is 47.9 Å². The van der Waals surface area contributed by atoms with E-state index in [-0.39, 0.29) is 11.8 Å². The lowest BCUT2D eigenvalue weighted by Crippen LogP contribution is -2.66. The topological polar surface area (TPSA) is 64.6 Å². The highest BCUT2D eigenvalue weighted by Gasteiger charge is 2.73. The van der Waals surface area contributed by atoms with Crippen LogP contribution in [-0.4, -0.2) is 47.9 Å². The Morgan fingerprint density at radius 2 is 1.11 bits per heavy atom. The molecule has 0 radical (unpaired) electrons. The molecule has 8 aliphatic rings. The molecule has 0 amide bonds. The Kier molecular flexibility index (Phi) is 4.86. The van der Waals surface area contributed by atoms with Gasteiger partial charge in [0.05, 0.1) is 0 Å². The fourth-order valence-electron chi connectivity index (χ4n) is 9.99. The van der Waals surface area contributed by atoms with Gasteiger partial charge in [0.1, 0.15) is 11.2 Å². The van der Waals surface area contributed by atoms with E-state index in [4.69, 9.17) is 33.2 Å². The molecule has 0 aromatic carbocycles. The van der Waals surface area contributed by atoms with Crippen LogP contribution in [0.2, 0.25) is 0 Å². The van der Waals surface area contributed by atoms with E-state index in [9.17, 15) is 0 Å². The zero-order valence-corrected chi connectivity index (χ0v) is 22.7. The quantitative estimate of drug-likeness (QED) is 0.458. The SMILES string of the molecule is C=C1[C@@H](O[C@H]2O[C@@H]3O[C@@]4(C)CC[C@H]5[C@H](C)CC[C@@H](C2=C)[C@@]35O4)O[C@@H]2O[C@@]3(C)CC[C@H]4[C@H](C)CC[C@@H]1[C@@]24O3. The predicted molar refractivity (Wildman–Crippen MR) is 133 cm³/mol. The van der Waals surface area contributed by atoms with Gasteiger partial charge in [0.2, 0.25) is 0 Å². The molecule has 7 heteroatoms. The summed E-state index contributed by atoms with van der Waals surface area (Å²) in [4.78, 5) is 0. The van der Waals surface area contributed by atoms with Crippen molar-refractivity contribution in [3.63, 3.8) is 0 Å². The minimum absolute atomic E-state index is 0.131. The fraction of sp³-hybridized carbons (Fsp3) is 0.867. The molecule has 0 aromatic rings. The zero-order valence-electron chi connectivity index (χ0n) is 22.7. The largest absolute Gasteiger partial charge is 0.337 e. The molecule has 8 rings (SSSR count). The van der Waals surface area contributed by atoms with Gasteiger partial charge < -0.3 is 33.2 Å². The molecule has 6 aliphatic heterocycles. The van der Waals surface area contributed by atoms with E-state index in [0.717, 1.165) is 62.5 Å². The van der Waals surface area contributed by atoms with Crippen LogP contribution in [0.5, 0.6) is 0 Å². The van der Waals surface area contributed by atoms with Gasteiger partial charge in [-0.1, -0.05) is 27.0 Å². The Morgan fingerprint density at radius 1 is 0.676 bits per heavy atom. The van der Waals surface area contributed by atoms with Crippen LogP contribution < -0.4 is 0 Å². The summed E-state index contributed by atoms with van der Waals surface area (Å²) in [6.07, 6.45) is 6.04. The third kappa shape index (κ3) is 2.92. The lowest BCUT2D eigenvalue weighted by molar-refractivity contribution is -0.348. The minimum Gasteiger partial charge on any atom is -0.337 e. The second-order valence-corrected chi connectivity index (χ2v) is 13.8. The smallest absolute Gasteiger partial charge is 0.194 e. The van der Waals surface area contributed by atoms with E-state index in [1.807, 2.05) is 0 Å². The molecule has 0 unspecified atom stereocenters. The maximum Gasteiger partial charge on any atom is 0.194 e. The highest BCUT2D eigenvalue weighted by molar-refractivity contribution is 5.26. The average molecular weight is 515 g/mol. The number of hydrogen-bond acceptors (Lipinski definition) is 7. The lowest BCUT2D eigenvalue weighted by Gasteiger charge is -2.58. The molecule has 2 saturated carbocycles. The average Bonchev–Trinajstić information content (AvgIpc) is 3.20. The lowest BCUT2D eigenvalue weighted by atomic mass is 9.58. The number of fused-ring (bicyclic) bond motifs is 2. The molecule has 0 N–H and O–H groups in total. The monoisotopic (exact) mass is 514 g/mol. The predicted octanol–water partition coefficient (Wildman–Crippen LogP) is 5.40. The van der Waals surface area contributed by atoms with Gasteiger partial charge in [0, 0.05) is 24.7 Å². The fourth-order valence-corrected chi connectivity index (χ4v) is 9.99. The summed E-state index contributed by atoms with van der Waals surface area (Å²) in [5.74, 6) is 0.971. The van der Waals surface area contributed by atoms with Gasteiger partial charge in [-0.3, -0.25) is 0 Å². The number of ether oxygens (including phenoxy) is 7. The van der Waals surface area contributed by atoms with Gasteiger partial charge in [-0.2, -0.15) is 0 Å². The van der Waals surface area contributed by atoms with Crippen molar-refractivity contribution in [3.8, 4) is 0 Å². The van der Waals surface area contributed by atoms with Crippen molar-refractivity contribution in [1.82, 2.24) is 0 Å². The molecule has 4 bridgehead atoms.